The molecule has 0 saturated carbocycles. The summed E-state index contributed by atoms with van der Waals surface area (Å²) in [7, 11) is 3.48. The van der Waals surface area contributed by atoms with Crippen LogP contribution in [0.15, 0.2) is 72.8 Å². The molecule has 0 bridgehead atoms. The zero-order valence-corrected chi connectivity index (χ0v) is 27.0. The number of rotatable bonds is 13. The van der Waals surface area contributed by atoms with Gasteiger partial charge in [-0.2, -0.15) is 0 Å². The Morgan fingerprint density at radius 1 is 0.957 bits per heavy atom. The van der Waals surface area contributed by atoms with Gasteiger partial charge in [0.05, 0.1) is 30.7 Å². The summed E-state index contributed by atoms with van der Waals surface area (Å²) in [5.41, 5.74) is 3.07. The first kappa shape index (κ1) is 33.3. The van der Waals surface area contributed by atoms with E-state index in [0.29, 0.717) is 42.9 Å². The van der Waals surface area contributed by atoms with Crippen molar-refractivity contribution in [3.8, 4) is 0 Å². The molecular formula is C35H41N7O5. The third-order valence-electron chi connectivity index (χ3n) is 8.41. The number of imidazole rings is 1. The van der Waals surface area contributed by atoms with E-state index in [1.54, 1.807) is 43.3 Å². The fourth-order valence-corrected chi connectivity index (χ4v) is 5.58. The lowest BCUT2D eigenvalue weighted by Gasteiger charge is -2.34. The molecule has 2 heterocycles. The van der Waals surface area contributed by atoms with Gasteiger partial charge in [0.25, 0.3) is 5.91 Å². The highest BCUT2D eigenvalue weighted by Gasteiger charge is 2.40. The summed E-state index contributed by atoms with van der Waals surface area (Å²) in [6, 6.07) is 21.8. The minimum atomic E-state index is -1.16. The van der Waals surface area contributed by atoms with Crippen LogP contribution in [0.5, 0.6) is 0 Å². The maximum Gasteiger partial charge on any atom is 0.320 e. The van der Waals surface area contributed by atoms with E-state index in [0.717, 1.165) is 35.4 Å². The number of benzene rings is 3. The Morgan fingerprint density at radius 2 is 1.68 bits per heavy atom. The van der Waals surface area contributed by atoms with Crippen molar-refractivity contribution in [3.05, 3.63) is 95.3 Å². The molecule has 0 aliphatic carbocycles. The first-order valence-corrected chi connectivity index (χ1v) is 15.6. The van der Waals surface area contributed by atoms with Gasteiger partial charge in [0.2, 0.25) is 5.91 Å². The number of nitrogens with one attached hydrogen (secondary N) is 4. The maximum absolute atomic E-state index is 13.8. The third-order valence-corrected chi connectivity index (χ3v) is 8.41. The van der Waals surface area contributed by atoms with Crippen LogP contribution in [0.3, 0.4) is 0 Å². The highest BCUT2D eigenvalue weighted by molar-refractivity contribution is 6.11. The number of esters is 1. The minimum absolute atomic E-state index is 0.0178. The second-order valence-corrected chi connectivity index (χ2v) is 11.6. The van der Waals surface area contributed by atoms with Gasteiger partial charge in [-0.25, -0.2) is 4.98 Å². The summed E-state index contributed by atoms with van der Waals surface area (Å²) >= 11 is 0. The van der Waals surface area contributed by atoms with Crippen LogP contribution >= 0.6 is 0 Å². The Balaban J connectivity index is 1.27. The number of methoxy groups -OCH3 is 1. The highest BCUT2D eigenvalue weighted by Crippen LogP contribution is 2.29. The number of fused-ring (bicyclic) bond motifs is 1. The molecule has 1 saturated heterocycles. The van der Waals surface area contributed by atoms with Gasteiger partial charge in [0.15, 0.2) is 0 Å². The molecule has 1 aliphatic heterocycles. The van der Waals surface area contributed by atoms with E-state index in [1.807, 2.05) is 52.9 Å². The normalized spacial score (nSPS) is 14.1. The Kier molecular flexibility index (Phi) is 10.6. The van der Waals surface area contributed by atoms with Crippen LogP contribution in [0, 0.1) is 5.41 Å². The lowest BCUT2D eigenvalue weighted by atomic mass is 9.89. The monoisotopic (exact) mass is 639 g/mol. The van der Waals surface area contributed by atoms with E-state index >= 15 is 0 Å². The number of carbonyl (C=O) groups is 3. The van der Waals surface area contributed by atoms with Crippen LogP contribution in [-0.4, -0.2) is 78.0 Å². The number of hydrogen-bond acceptors (Lipinski definition) is 9. The lowest BCUT2D eigenvalue weighted by Crippen LogP contribution is -2.54. The molecule has 12 nitrogen and oxygen atoms in total. The van der Waals surface area contributed by atoms with Gasteiger partial charge in [-0.1, -0.05) is 24.3 Å². The molecule has 1 fully saturated rings. The topological polar surface area (TPSA) is 151 Å². The van der Waals surface area contributed by atoms with Crippen LogP contribution in [0.2, 0.25) is 0 Å². The molecule has 47 heavy (non-hydrogen) atoms. The predicted molar refractivity (Wildman–Crippen MR) is 179 cm³/mol. The largest absolute Gasteiger partial charge is 0.462 e. The molecule has 0 spiro atoms. The number of likely N-dealkylation sites (tertiary alicyclic amines) is 1. The minimum Gasteiger partial charge on any atom is -0.462 e. The van der Waals surface area contributed by atoms with Gasteiger partial charge in [-0.3, -0.25) is 25.1 Å². The van der Waals surface area contributed by atoms with E-state index in [9.17, 15) is 14.4 Å². The average molecular weight is 640 g/mol. The number of amidine groups is 1. The molecule has 2 amide bonds. The number of aromatic nitrogens is 2. The Morgan fingerprint density at radius 3 is 2.38 bits per heavy atom. The fourth-order valence-electron chi connectivity index (χ4n) is 5.58. The first-order valence-electron chi connectivity index (χ1n) is 15.6. The average Bonchev–Trinajstić information content (AvgIpc) is 3.74. The van der Waals surface area contributed by atoms with Gasteiger partial charge in [-0.15, -0.1) is 0 Å². The second kappa shape index (κ2) is 15.0. The summed E-state index contributed by atoms with van der Waals surface area (Å²) in [4.78, 5) is 45.4. The van der Waals surface area contributed by atoms with Crippen molar-refractivity contribution in [2.75, 3.05) is 45.3 Å². The molecule has 246 valence electrons. The van der Waals surface area contributed by atoms with Crippen molar-refractivity contribution >= 4 is 40.3 Å². The lowest BCUT2D eigenvalue weighted by molar-refractivity contribution is -0.145. The second-order valence-electron chi connectivity index (χ2n) is 11.6. The van der Waals surface area contributed by atoms with Crippen LogP contribution in [-0.2, 0) is 38.2 Å². The first-order chi connectivity index (χ1) is 22.7. The molecular weight excluding hydrogens is 598 g/mol. The summed E-state index contributed by atoms with van der Waals surface area (Å²) in [6.07, 6.45) is 1.90. The molecule has 4 aromatic rings. The van der Waals surface area contributed by atoms with Crippen LogP contribution in [0.1, 0.15) is 47.1 Å². The van der Waals surface area contributed by atoms with E-state index < -0.39 is 11.5 Å². The van der Waals surface area contributed by atoms with E-state index in [1.165, 1.54) is 7.11 Å². The SMILES string of the molecule is COCCOC(=O)CN[C@@](C)(C(=O)N1CCCC1)c1ccc2c(c1)nc(CNc1ccc(C(=N)NC(=O)c3ccccc3)cc1)n2C. The third kappa shape index (κ3) is 7.84. The summed E-state index contributed by atoms with van der Waals surface area (Å²) in [5.74, 6) is -0.0834. The number of amides is 2. The smallest absolute Gasteiger partial charge is 0.320 e. The van der Waals surface area contributed by atoms with Crippen molar-refractivity contribution in [1.82, 2.24) is 25.1 Å². The van der Waals surface area contributed by atoms with Gasteiger partial charge >= 0.3 is 5.97 Å². The molecule has 3 aromatic carbocycles. The molecule has 1 aliphatic rings. The van der Waals surface area contributed by atoms with Crippen LogP contribution in [0.25, 0.3) is 11.0 Å². The quantitative estimate of drug-likeness (QED) is 0.0751. The fraction of sp³-hybridized carbons (Fsp3) is 0.343. The van der Waals surface area contributed by atoms with Crippen molar-refractivity contribution in [2.45, 2.75) is 31.8 Å². The molecule has 5 rings (SSSR count). The van der Waals surface area contributed by atoms with Gasteiger partial charge in [-0.05, 0) is 73.9 Å². The molecule has 1 aromatic heterocycles. The Hall–Kier alpha value is -5.07. The Labute approximate surface area is 274 Å². The van der Waals surface area contributed by atoms with Crippen molar-refractivity contribution < 1.29 is 23.9 Å². The standard InChI is InChI=1S/C35H41N7O5/c1-35(34(45)42-17-7-8-18-42,38-23-31(43)47-20-19-46-3)26-13-16-29-28(21-26)39-30(41(29)2)22-37-27-14-11-24(12-15-27)32(36)40-33(44)25-9-5-4-6-10-25/h4-6,9-16,21,37-38H,7-8,17-20,22-23H2,1-3H3,(H2,36,40,44)/t35-/m1/s1. The number of carbonyl (C=O) groups excluding carboxylic acids is 3. The molecule has 4 N–H and O–H groups in total. The molecule has 1 atom stereocenters. The molecule has 0 radical (unpaired) electrons. The highest BCUT2D eigenvalue weighted by atomic mass is 16.6. The summed E-state index contributed by atoms with van der Waals surface area (Å²) < 4.78 is 12.2. The number of hydrogen-bond donors (Lipinski definition) is 4. The van der Waals surface area contributed by atoms with Crippen molar-refractivity contribution in [3.63, 3.8) is 0 Å². The zero-order valence-electron chi connectivity index (χ0n) is 27.0. The molecule has 12 heteroatoms. The summed E-state index contributed by atoms with van der Waals surface area (Å²) in [5, 5.41) is 17.5. The van der Waals surface area contributed by atoms with Gasteiger partial charge in [0, 0.05) is 44.1 Å². The number of anilines is 1. The van der Waals surface area contributed by atoms with Gasteiger partial charge < -0.3 is 29.6 Å². The number of nitrogens with zero attached hydrogens (tertiary/aromatic N) is 3. The Bertz CT molecular complexity index is 1730. The predicted octanol–water partition coefficient (Wildman–Crippen LogP) is 3.56. The van der Waals surface area contributed by atoms with Crippen molar-refractivity contribution in [1.29, 1.82) is 5.41 Å². The van der Waals surface area contributed by atoms with E-state index in [2.05, 4.69) is 16.0 Å². The van der Waals surface area contributed by atoms with Crippen LogP contribution in [0.4, 0.5) is 5.69 Å². The maximum atomic E-state index is 13.8. The van der Waals surface area contributed by atoms with E-state index in [-0.39, 0.29) is 30.8 Å². The summed E-state index contributed by atoms with van der Waals surface area (Å²) in [6.45, 7) is 3.91. The van der Waals surface area contributed by atoms with Crippen molar-refractivity contribution in [2.24, 2.45) is 7.05 Å². The molecule has 0 unspecified atom stereocenters. The van der Waals surface area contributed by atoms with E-state index in [4.69, 9.17) is 19.9 Å². The van der Waals surface area contributed by atoms with Crippen LogP contribution < -0.4 is 16.0 Å². The van der Waals surface area contributed by atoms with Gasteiger partial charge in [0.1, 0.15) is 23.8 Å². The zero-order chi connectivity index (χ0) is 33.4. The number of ether oxygens (including phenoxy) is 2. The number of aryl methyl sites for hydroxylation is 1.